The molecule has 11 heteroatoms. The number of aliphatic hydroxyl groups excluding tert-OH is 3. The monoisotopic (exact) mass is 301 g/mol. The highest BCUT2D eigenvalue weighted by molar-refractivity contribution is 7.80. The Balaban J connectivity index is 2.94. The summed E-state index contributed by atoms with van der Waals surface area (Å²) in [6, 6.07) is -1.37. The van der Waals surface area contributed by atoms with Crippen molar-refractivity contribution >= 4 is 16.3 Å². The van der Waals surface area contributed by atoms with Crippen LogP contribution < -0.4 is 5.32 Å². The van der Waals surface area contributed by atoms with Gasteiger partial charge in [-0.15, -0.1) is 0 Å². The lowest BCUT2D eigenvalue weighted by atomic mass is 9.97. The topological polar surface area (TPSA) is 163 Å². The van der Waals surface area contributed by atoms with E-state index in [1.54, 1.807) is 0 Å². The minimum Gasteiger partial charge on any atom is -0.394 e. The van der Waals surface area contributed by atoms with Crippen LogP contribution in [0.3, 0.4) is 0 Å². The number of hydrogen-bond acceptors (Lipinski definition) is 8. The van der Waals surface area contributed by atoms with Crippen molar-refractivity contribution in [1.29, 1.82) is 0 Å². The fourth-order valence-corrected chi connectivity index (χ4v) is 2.25. The molecule has 0 aromatic rings. The lowest BCUT2D eigenvalue weighted by molar-refractivity contribution is -0.248. The van der Waals surface area contributed by atoms with Crippen molar-refractivity contribution in [1.82, 2.24) is 5.32 Å². The molecule has 5 N–H and O–H groups in total. The van der Waals surface area contributed by atoms with Crippen LogP contribution in [-0.2, 0) is 24.1 Å². The highest BCUT2D eigenvalue weighted by Gasteiger charge is 2.47. The van der Waals surface area contributed by atoms with E-state index in [0.717, 1.165) is 6.92 Å². The number of hydrogen-bond donors (Lipinski definition) is 5. The van der Waals surface area contributed by atoms with E-state index in [1.807, 2.05) is 0 Å². The van der Waals surface area contributed by atoms with Crippen LogP contribution in [0.5, 0.6) is 0 Å². The van der Waals surface area contributed by atoms with Crippen LogP contribution in [0.15, 0.2) is 0 Å². The van der Waals surface area contributed by atoms with Gasteiger partial charge in [0, 0.05) is 6.92 Å². The third kappa shape index (κ3) is 4.35. The first-order valence-corrected chi connectivity index (χ1v) is 6.57. The average Bonchev–Trinajstić information content (AvgIpc) is 2.26. The molecule has 10 nitrogen and oxygen atoms in total. The van der Waals surface area contributed by atoms with Gasteiger partial charge in [-0.3, -0.25) is 9.35 Å². The largest absolute Gasteiger partial charge is 0.397 e. The molecular formula is C8H15NO9S. The summed E-state index contributed by atoms with van der Waals surface area (Å²) >= 11 is 0. The van der Waals surface area contributed by atoms with Crippen LogP contribution in [-0.4, -0.2) is 71.4 Å². The van der Waals surface area contributed by atoms with Crippen molar-refractivity contribution in [3.8, 4) is 0 Å². The molecule has 4 unspecified atom stereocenters. The van der Waals surface area contributed by atoms with E-state index in [1.165, 1.54) is 0 Å². The highest BCUT2D eigenvalue weighted by atomic mass is 32.3. The van der Waals surface area contributed by atoms with Crippen molar-refractivity contribution in [2.24, 2.45) is 0 Å². The van der Waals surface area contributed by atoms with E-state index in [9.17, 15) is 23.4 Å². The minimum absolute atomic E-state index is 0.611. The second-order valence-electron chi connectivity index (χ2n) is 3.95. The molecule has 0 radical (unpaired) electrons. The van der Waals surface area contributed by atoms with Gasteiger partial charge in [0.2, 0.25) is 5.91 Å². The van der Waals surface area contributed by atoms with Crippen LogP contribution in [0.4, 0.5) is 0 Å². The summed E-state index contributed by atoms with van der Waals surface area (Å²) in [6.07, 6.45) is -6.46. The normalized spacial score (nSPS) is 35.9. The molecule has 1 amide bonds. The molecule has 0 aromatic carbocycles. The molecule has 0 aromatic heterocycles. The number of carbonyl (C=O) groups excluding carboxylic acids is 1. The summed E-state index contributed by atoms with van der Waals surface area (Å²) < 4.78 is 38.9. The van der Waals surface area contributed by atoms with Gasteiger partial charge in [0.15, 0.2) is 6.29 Å². The molecule has 1 fully saturated rings. The Morgan fingerprint density at radius 1 is 1.42 bits per heavy atom. The Bertz CT molecular complexity index is 424. The fraction of sp³-hybridized carbons (Fsp3) is 0.875. The maximum absolute atomic E-state index is 10.9. The van der Waals surface area contributed by atoms with E-state index in [2.05, 4.69) is 9.50 Å². The summed E-state index contributed by atoms with van der Waals surface area (Å²) in [5.74, 6) is -0.611. The number of aliphatic hydroxyl groups is 3. The number of amides is 1. The molecule has 112 valence electrons. The standard InChI is InChI=1S/C8H15NO9S/c1-3(11)9-5-6(12)7(18-19(14,15)16)4(2-10)17-8(5)13/h4-8,10,12-13H,2H2,1H3,(H,9,11)(H,14,15,16)/t4?,5?,6?,7?,8-/m0/s1. The molecule has 1 aliphatic rings. The maximum atomic E-state index is 10.9. The van der Waals surface area contributed by atoms with Gasteiger partial charge < -0.3 is 25.4 Å². The van der Waals surface area contributed by atoms with Gasteiger partial charge in [0.05, 0.1) is 6.61 Å². The van der Waals surface area contributed by atoms with Crippen LogP contribution >= 0.6 is 0 Å². The molecule has 0 saturated carbocycles. The predicted octanol–water partition coefficient (Wildman–Crippen LogP) is -3.25. The van der Waals surface area contributed by atoms with E-state index in [-0.39, 0.29) is 0 Å². The average molecular weight is 301 g/mol. The number of ether oxygens (including phenoxy) is 1. The zero-order valence-electron chi connectivity index (χ0n) is 9.83. The van der Waals surface area contributed by atoms with Crippen LogP contribution in [0.2, 0.25) is 0 Å². The van der Waals surface area contributed by atoms with Crippen molar-refractivity contribution in [3.63, 3.8) is 0 Å². The Labute approximate surface area is 108 Å². The zero-order chi connectivity index (χ0) is 14.8. The van der Waals surface area contributed by atoms with Gasteiger partial charge >= 0.3 is 10.4 Å². The lowest BCUT2D eigenvalue weighted by Crippen LogP contribution is -2.64. The Morgan fingerprint density at radius 2 is 2.00 bits per heavy atom. The first-order chi connectivity index (χ1) is 8.65. The van der Waals surface area contributed by atoms with Crippen LogP contribution in [0.1, 0.15) is 6.92 Å². The maximum Gasteiger partial charge on any atom is 0.397 e. The summed E-state index contributed by atoms with van der Waals surface area (Å²) in [7, 11) is -4.91. The predicted molar refractivity (Wildman–Crippen MR) is 58.0 cm³/mol. The highest BCUT2D eigenvalue weighted by Crippen LogP contribution is 2.23. The molecule has 19 heavy (non-hydrogen) atoms. The minimum atomic E-state index is -4.91. The quantitative estimate of drug-likeness (QED) is 0.335. The molecule has 1 heterocycles. The van der Waals surface area contributed by atoms with Crippen molar-refractivity contribution < 1.29 is 42.0 Å². The van der Waals surface area contributed by atoms with Gasteiger partial charge in [-0.2, -0.15) is 8.42 Å². The molecular weight excluding hydrogens is 286 g/mol. The van der Waals surface area contributed by atoms with E-state index < -0.39 is 53.6 Å². The van der Waals surface area contributed by atoms with Crippen molar-refractivity contribution in [2.75, 3.05) is 6.61 Å². The summed E-state index contributed by atoms with van der Waals surface area (Å²) in [4.78, 5) is 10.9. The third-order valence-electron chi connectivity index (χ3n) is 2.47. The molecule has 0 aliphatic carbocycles. The SMILES string of the molecule is CC(=O)NC1C(O)C(OS(=O)(=O)O)C(CO)O[C@@H]1O. The molecule has 5 atom stereocenters. The Morgan fingerprint density at radius 3 is 2.42 bits per heavy atom. The van der Waals surface area contributed by atoms with Crippen LogP contribution in [0, 0.1) is 0 Å². The van der Waals surface area contributed by atoms with Gasteiger partial charge in [-0.25, -0.2) is 4.18 Å². The molecule has 0 spiro atoms. The number of rotatable bonds is 4. The summed E-state index contributed by atoms with van der Waals surface area (Å²) in [6.45, 7) is 0.331. The van der Waals surface area contributed by atoms with Crippen LogP contribution in [0.25, 0.3) is 0 Å². The van der Waals surface area contributed by atoms with Gasteiger partial charge in [-0.05, 0) is 0 Å². The van der Waals surface area contributed by atoms with E-state index >= 15 is 0 Å². The van der Waals surface area contributed by atoms with Gasteiger partial charge in [-0.1, -0.05) is 0 Å². The summed E-state index contributed by atoms with van der Waals surface area (Å²) in [5, 5.41) is 30.5. The van der Waals surface area contributed by atoms with Gasteiger partial charge in [0.25, 0.3) is 0 Å². The van der Waals surface area contributed by atoms with E-state index in [4.69, 9.17) is 14.4 Å². The molecule has 0 bridgehead atoms. The molecule has 1 saturated heterocycles. The second kappa shape index (κ2) is 6.09. The van der Waals surface area contributed by atoms with E-state index in [0.29, 0.717) is 0 Å². The zero-order valence-corrected chi connectivity index (χ0v) is 10.6. The Kier molecular flexibility index (Phi) is 5.20. The van der Waals surface area contributed by atoms with Crippen molar-refractivity contribution in [2.45, 2.75) is 37.6 Å². The fourth-order valence-electron chi connectivity index (χ4n) is 1.73. The van der Waals surface area contributed by atoms with Gasteiger partial charge in [0.1, 0.15) is 24.4 Å². The third-order valence-corrected chi connectivity index (χ3v) is 2.94. The Hall–Kier alpha value is -0.820. The lowest BCUT2D eigenvalue weighted by Gasteiger charge is -2.41. The summed E-state index contributed by atoms with van der Waals surface area (Å²) in [5.41, 5.74) is 0. The first-order valence-electron chi connectivity index (χ1n) is 5.21. The second-order valence-corrected chi connectivity index (χ2v) is 5.00. The molecule has 1 aliphatic heterocycles. The van der Waals surface area contributed by atoms with Crippen molar-refractivity contribution in [3.05, 3.63) is 0 Å². The molecule has 1 rings (SSSR count). The first kappa shape index (κ1) is 16.2. The number of carbonyl (C=O) groups is 1. The number of nitrogens with one attached hydrogen (secondary N) is 1. The smallest absolute Gasteiger partial charge is 0.394 e.